The van der Waals surface area contributed by atoms with Crippen LogP contribution >= 0.6 is 0 Å². The Bertz CT molecular complexity index is 194. The number of rotatable bonds is 3. The van der Waals surface area contributed by atoms with E-state index in [0.29, 0.717) is 6.54 Å². The molecule has 3 N–H and O–H groups in total. The molecule has 1 heterocycles. The molecule has 0 aromatic carbocycles. The first-order valence-electron chi connectivity index (χ1n) is 4.81. The predicted octanol–water partition coefficient (Wildman–Crippen LogP) is -0.146. The van der Waals surface area contributed by atoms with Crippen LogP contribution in [0.2, 0.25) is 0 Å². The number of halogens is 1. The van der Waals surface area contributed by atoms with Gasteiger partial charge in [-0.15, -0.1) is 0 Å². The molecule has 0 saturated carbocycles. The molecule has 1 aliphatic heterocycles. The lowest BCUT2D eigenvalue weighted by Gasteiger charge is -2.29. The van der Waals surface area contributed by atoms with Gasteiger partial charge < -0.3 is 15.7 Å². The standard InChI is InChI=1S/C8H15FN2O.CH2O2/c9-3-6-11-4-1-7(2-5-11)8(10)12;2-1-3/h7H,1-6H2,(H2,10,12);1H,(H,2,3). The molecular weight excluding hydrogens is 203 g/mol. The maximum absolute atomic E-state index is 11.9. The lowest BCUT2D eigenvalue weighted by atomic mass is 9.96. The normalized spacial score (nSPS) is 17.7. The molecule has 6 heteroatoms. The van der Waals surface area contributed by atoms with Crippen LogP contribution in [-0.4, -0.2) is 48.7 Å². The Morgan fingerprint density at radius 2 is 2.00 bits per heavy atom. The van der Waals surface area contributed by atoms with Gasteiger partial charge in [0.15, 0.2) is 0 Å². The lowest BCUT2D eigenvalue weighted by molar-refractivity contribution is -0.123. The van der Waals surface area contributed by atoms with E-state index in [2.05, 4.69) is 0 Å². The smallest absolute Gasteiger partial charge is 0.290 e. The number of hydrogen-bond acceptors (Lipinski definition) is 3. The summed E-state index contributed by atoms with van der Waals surface area (Å²) in [5.41, 5.74) is 5.16. The number of alkyl halides is 1. The first-order valence-corrected chi connectivity index (χ1v) is 4.81. The van der Waals surface area contributed by atoms with E-state index in [9.17, 15) is 9.18 Å². The summed E-state index contributed by atoms with van der Waals surface area (Å²) in [6.45, 7) is 1.54. The van der Waals surface area contributed by atoms with Crippen molar-refractivity contribution in [1.29, 1.82) is 0 Å². The number of hydrogen-bond donors (Lipinski definition) is 2. The minimum atomic E-state index is -0.304. The minimum absolute atomic E-state index is 0.0147. The second-order valence-electron chi connectivity index (χ2n) is 3.31. The third kappa shape index (κ3) is 6.01. The largest absolute Gasteiger partial charge is 0.483 e. The molecule has 1 fully saturated rings. The second kappa shape index (κ2) is 8.16. The molecule has 1 rings (SSSR count). The van der Waals surface area contributed by atoms with Gasteiger partial charge in [0.25, 0.3) is 6.47 Å². The number of carbonyl (C=O) groups excluding carboxylic acids is 1. The Labute approximate surface area is 88.0 Å². The third-order valence-corrected chi connectivity index (χ3v) is 2.39. The van der Waals surface area contributed by atoms with Crippen LogP contribution in [-0.2, 0) is 9.59 Å². The molecule has 88 valence electrons. The highest BCUT2D eigenvalue weighted by Gasteiger charge is 2.22. The van der Waals surface area contributed by atoms with E-state index in [0.717, 1.165) is 25.9 Å². The van der Waals surface area contributed by atoms with E-state index >= 15 is 0 Å². The van der Waals surface area contributed by atoms with Gasteiger partial charge in [-0.2, -0.15) is 0 Å². The summed E-state index contributed by atoms with van der Waals surface area (Å²) in [4.78, 5) is 21.1. The van der Waals surface area contributed by atoms with Crippen LogP contribution in [0.3, 0.4) is 0 Å². The molecular formula is C9H17FN2O3. The molecule has 0 radical (unpaired) electrons. The highest BCUT2D eigenvalue weighted by atomic mass is 19.1. The Morgan fingerprint density at radius 1 is 1.53 bits per heavy atom. The molecule has 5 nitrogen and oxygen atoms in total. The number of amides is 1. The Kier molecular flexibility index (Phi) is 7.53. The van der Waals surface area contributed by atoms with Gasteiger partial charge >= 0.3 is 0 Å². The number of primary amides is 1. The molecule has 15 heavy (non-hydrogen) atoms. The summed E-state index contributed by atoms with van der Waals surface area (Å²) in [6.07, 6.45) is 1.57. The molecule has 0 unspecified atom stereocenters. The number of nitrogens with zero attached hydrogens (tertiary/aromatic N) is 1. The molecule has 0 atom stereocenters. The number of likely N-dealkylation sites (tertiary alicyclic amines) is 1. The zero-order valence-corrected chi connectivity index (χ0v) is 8.56. The minimum Gasteiger partial charge on any atom is -0.483 e. The van der Waals surface area contributed by atoms with Crippen molar-refractivity contribution in [3.05, 3.63) is 0 Å². The number of carbonyl (C=O) groups is 2. The van der Waals surface area contributed by atoms with Gasteiger partial charge in [-0.3, -0.25) is 9.59 Å². The summed E-state index contributed by atoms with van der Waals surface area (Å²) in [5, 5.41) is 6.89. The average molecular weight is 220 g/mol. The lowest BCUT2D eigenvalue weighted by Crippen LogP contribution is -2.39. The molecule has 0 aliphatic carbocycles. The summed E-state index contributed by atoms with van der Waals surface area (Å²) in [5.74, 6) is -0.198. The summed E-state index contributed by atoms with van der Waals surface area (Å²) < 4.78 is 11.9. The van der Waals surface area contributed by atoms with Crippen molar-refractivity contribution >= 4 is 12.4 Å². The molecule has 0 aromatic heterocycles. The average Bonchev–Trinajstić information content (AvgIpc) is 2.20. The Hall–Kier alpha value is -1.17. The van der Waals surface area contributed by atoms with Crippen LogP contribution in [0.15, 0.2) is 0 Å². The predicted molar refractivity (Wildman–Crippen MR) is 53.0 cm³/mol. The van der Waals surface area contributed by atoms with E-state index < -0.39 is 0 Å². The maximum atomic E-state index is 11.9. The van der Waals surface area contributed by atoms with E-state index in [1.807, 2.05) is 4.90 Å². The van der Waals surface area contributed by atoms with Crippen LogP contribution in [0.5, 0.6) is 0 Å². The molecule has 1 saturated heterocycles. The number of nitrogens with two attached hydrogens (primary N) is 1. The van der Waals surface area contributed by atoms with Crippen molar-refractivity contribution in [3.63, 3.8) is 0 Å². The van der Waals surface area contributed by atoms with Crippen LogP contribution in [0.25, 0.3) is 0 Å². The highest BCUT2D eigenvalue weighted by Crippen LogP contribution is 2.15. The molecule has 1 amide bonds. The zero-order valence-electron chi connectivity index (χ0n) is 8.56. The fraction of sp³-hybridized carbons (Fsp3) is 0.778. The maximum Gasteiger partial charge on any atom is 0.290 e. The molecule has 0 aromatic rings. The number of piperidine rings is 1. The highest BCUT2D eigenvalue weighted by molar-refractivity contribution is 5.76. The first kappa shape index (κ1) is 13.8. The molecule has 0 spiro atoms. The molecule has 1 aliphatic rings. The monoisotopic (exact) mass is 220 g/mol. The van der Waals surface area contributed by atoms with Crippen LogP contribution < -0.4 is 5.73 Å². The fourth-order valence-corrected chi connectivity index (χ4v) is 1.56. The van der Waals surface area contributed by atoms with Gasteiger partial charge in [0, 0.05) is 12.5 Å². The summed E-state index contributed by atoms with van der Waals surface area (Å²) in [7, 11) is 0. The number of carboxylic acid groups (broad SMARTS) is 1. The van der Waals surface area contributed by atoms with Crippen molar-refractivity contribution in [2.75, 3.05) is 26.3 Å². The van der Waals surface area contributed by atoms with Gasteiger partial charge in [-0.1, -0.05) is 0 Å². The van der Waals surface area contributed by atoms with Gasteiger partial charge in [0.1, 0.15) is 6.67 Å². The van der Waals surface area contributed by atoms with Crippen molar-refractivity contribution in [2.45, 2.75) is 12.8 Å². The van der Waals surface area contributed by atoms with E-state index in [1.165, 1.54) is 0 Å². The topological polar surface area (TPSA) is 83.6 Å². The zero-order chi connectivity index (χ0) is 11.7. The van der Waals surface area contributed by atoms with Gasteiger partial charge in [-0.25, -0.2) is 4.39 Å². The second-order valence-corrected chi connectivity index (χ2v) is 3.31. The van der Waals surface area contributed by atoms with E-state index in [1.54, 1.807) is 0 Å². The first-order chi connectivity index (χ1) is 7.15. The SMILES string of the molecule is NC(=O)C1CCN(CCF)CC1.O=CO. The fourth-order valence-electron chi connectivity index (χ4n) is 1.56. The van der Waals surface area contributed by atoms with Crippen LogP contribution in [0, 0.1) is 5.92 Å². The third-order valence-electron chi connectivity index (χ3n) is 2.39. The summed E-state index contributed by atoms with van der Waals surface area (Å²) in [6, 6.07) is 0. The summed E-state index contributed by atoms with van der Waals surface area (Å²) >= 11 is 0. The quantitative estimate of drug-likeness (QED) is 0.648. The van der Waals surface area contributed by atoms with E-state index in [4.69, 9.17) is 15.6 Å². The van der Waals surface area contributed by atoms with Crippen molar-refractivity contribution < 1.29 is 19.1 Å². The molecule has 0 bridgehead atoms. The van der Waals surface area contributed by atoms with Gasteiger partial charge in [0.05, 0.1) is 0 Å². The van der Waals surface area contributed by atoms with Gasteiger partial charge in [-0.05, 0) is 25.9 Å². The van der Waals surface area contributed by atoms with Crippen molar-refractivity contribution in [2.24, 2.45) is 11.7 Å². The van der Waals surface area contributed by atoms with Crippen molar-refractivity contribution in [1.82, 2.24) is 4.90 Å². The van der Waals surface area contributed by atoms with Gasteiger partial charge in [0.2, 0.25) is 5.91 Å². The van der Waals surface area contributed by atoms with Crippen LogP contribution in [0.4, 0.5) is 4.39 Å². The van der Waals surface area contributed by atoms with E-state index in [-0.39, 0.29) is 25.0 Å². The van der Waals surface area contributed by atoms with Crippen LogP contribution in [0.1, 0.15) is 12.8 Å². The van der Waals surface area contributed by atoms with Crippen molar-refractivity contribution in [3.8, 4) is 0 Å². The Balaban J connectivity index is 0.000000583. The Morgan fingerprint density at radius 3 is 2.33 bits per heavy atom.